The normalized spacial score (nSPS) is 10.7. The quantitative estimate of drug-likeness (QED) is 0.571. The van der Waals surface area contributed by atoms with Gasteiger partial charge in [-0.15, -0.1) is 0 Å². The molecular formula is C18H30N4O2. The summed E-state index contributed by atoms with van der Waals surface area (Å²) < 4.78 is 0. The molecule has 6 heteroatoms. The molecule has 3 N–H and O–H groups in total. The summed E-state index contributed by atoms with van der Waals surface area (Å²) >= 11 is 0. The maximum atomic E-state index is 11.6. The van der Waals surface area contributed by atoms with Crippen LogP contribution in [0.1, 0.15) is 32.3 Å². The molecule has 0 aromatic heterocycles. The summed E-state index contributed by atoms with van der Waals surface area (Å²) in [6, 6.07) is 10.2. The molecule has 3 amide bonds. The number of carbonyl (C=O) groups is 2. The molecule has 24 heavy (non-hydrogen) atoms. The van der Waals surface area contributed by atoms with Crippen LogP contribution >= 0.6 is 0 Å². The molecule has 134 valence electrons. The Kier molecular flexibility index (Phi) is 9.53. The third-order valence-electron chi connectivity index (χ3n) is 3.38. The van der Waals surface area contributed by atoms with Crippen LogP contribution in [0.15, 0.2) is 30.3 Å². The molecule has 0 aliphatic heterocycles. The second kappa shape index (κ2) is 11.5. The average molecular weight is 334 g/mol. The molecular weight excluding hydrogens is 304 g/mol. The van der Waals surface area contributed by atoms with Gasteiger partial charge in [0.15, 0.2) is 0 Å². The lowest BCUT2D eigenvalue weighted by Crippen LogP contribution is -2.39. The molecule has 0 unspecified atom stereocenters. The van der Waals surface area contributed by atoms with Crippen molar-refractivity contribution in [2.45, 2.75) is 39.3 Å². The second-order valence-electron chi connectivity index (χ2n) is 6.23. The fourth-order valence-corrected chi connectivity index (χ4v) is 2.27. The first-order chi connectivity index (χ1) is 11.5. The van der Waals surface area contributed by atoms with E-state index in [0.29, 0.717) is 19.5 Å². The maximum absolute atomic E-state index is 11.6. The van der Waals surface area contributed by atoms with Gasteiger partial charge in [-0.3, -0.25) is 4.79 Å². The number of nitrogens with zero attached hydrogens (tertiary/aromatic N) is 1. The van der Waals surface area contributed by atoms with Crippen LogP contribution in [0, 0.1) is 0 Å². The topological polar surface area (TPSA) is 73.5 Å². The third-order valence-corrected chi connectivity index (χ3v) is 3.38. The standard InChI is InChI=1S/C18H30N4O2/c1-15(2)21-17(23)10-12-20-18(24)19-11-7-13-22(3)14-16-8-5-4-6-9-16/h4-6,8-9,15H,7,10-14H2,1-3H3,(H,21,23)(H2,19,20,24). The first-order valence-electron chi connectivity index (χ1n) is 8.51. The summed E-state index contributed by atoms with van der Waals surface area (Å²) in [5, 5.41) is 8.28. The van der Waals surface area contributed by atoms with E-state index in [1.165, 1.54) is 5.56 Å². The lowest BCUT2D eigenvalue weighted by molar-refractivity contribution is -0.121. The Balaban J connectivity index is 2.04. The first kappa shape index (κ1) is 20.0. The van der Waals surface area contributed by atoms with Gasteiger partial charge in [0.1, 0.15) is 0 Å². The van der Waals surface area contributed by atoms with E-state index in [2.05, 4.69) is 40.0 Å². The smallest absolute Gasteiger partial charge is 0.314 e. The summed E-state index contributed by atoms with van der Waals surface area (Å²) in [6.07, 6.45) is 1.18. The molecule has 0 aliphatic rings. The van der Waals surface area contributed by atoms with Crippen LogP contribution in [0.25, 0.3) is 0 Å². The van der Waals surface area contributed by atoms with Gasteiger partial charge in [0.25, 0.3) is 0 Å². The highest BCUT2D eigenvalue weighted by atomic mass is 16.2. The molecule has 1 aromatic carbocycles. The number of nitrogens with one attached hydrogen (secondary N) is 3. The number of hydrogen-bond donors (Lipinski definition) is 3. The van der Waals surface area contributed by atoms with Gasteiger partial charge in [0.05, 0.1) is 0 Å². The van der Waals surface area contributed by atoms with Crippen LogP contribution in [-0.4, -0.2) is 49.6 Å². The van der Waals surface area contributed by atoms with Crippen molar-refractivity contribution in [3.63, 3.8) is 0 Å². The number of urea groups is 1. The zero-order valence-electron chi connectivity index (χ0n) is 15.0. The monoisotopic (exact) mass is 334 g/mol. The molecule has 0 bridgehead atoms. The van der Waals surface area contributed by atoms with E-state index < -0.39 is 0 Å². The van der Waals surface area contributed by atoms with Crippen LogP contribution in [0.3, 0.4) is 0 Å². The Bertz CT molecular complexity index is 491. The highest BCUT2D eigenvalue weighted by Crippen LogP contribution is 2.02. The van der Waals surface area contributed by atoms with Gasteiger partial charge in [0.2, 0.25) is 5.91 Å². The van der Waals surface area contributed by atoms with Gasteiger partial charge in [0, 0.05) is 32.1 Å². The van der Waals surface area contributed by atoms with Crippen molar-refractivity contribution < 1.29 is 9.59 Å². The van der Waals surface area contributed by atoms with Gasteiger partial charge in [-0.25, -0.2) is 4.79 Å². The van der Waals surface area contributed by atoms with Crippen molar-refractivity contribution in [3.8, 4) is 0 Å². The fourth-order valence-electron chi connectivity index (χ4n) is 2.27. The van der Waals surface area contributed by atoms with Crippen LogP contribution in [-0.2, 0) is 11.3 Å². The van der Waals surface area contributed by atoms with Crippen LogP contribution in [0.2, 0.25) is 0 Å². The zero-order chi connectivity index (χ0) is 17.8. The van der Waals surface area contributed by atoms with Crippen molar-refractivity contribution in [1.29, 1.82) is 0 Å². The molecule has 6 nitrogen and oxygen atoms in total. The van der Waals surface area contributed by atoms with Crippen molar-refractivity contribution in [3.05, 3.63) is 35.9 Å². The number of hydrogen-bond acceptors (Lipinski definition) is 3. The molecule has 0 saturated heterocycles. The van der Waals surface area contributed by atoms with Crippen molar-refractivity contribution in [2.24, 2.45) is 0 Å². The van der Waals surface area contributed by atoms with Gasteiger partial charge in [-0.05, 0) is 39.4 Å². The lowest BCUT2D eigenvalue weighted by atomic mass is 10.2. The molecule has 0 aliphatic carbocycles. The summed E-state index contributed by atoms with van der Waals surface area (Å²) in [7, 11) is 2.07. The van der Waals surface area contributed by atoms with Crippen LogP contribution in [0.5, 0.6) is 0 Å². The fraction of sp³-hybridized carbons (Fsp3) is 0.556. The Morgan fingerprint density at radius 1 is 1.08 bits per heavy atom. The average Bonchev–Trinajstić information content (AvgIpc) is 2.52. The number of amides is 3. The van der Waals surface area contributed by atoms with Crippen molar-refractivity contribution in [1.82, 2.24) is 20.9 Å². The minimum absolute atomic E-state index is 0.0483. The van der Waals surface area contributed by atoms with E-state index in [9.17, 15) is 9.59 Å². The Hall–Kier alpha value is -2.08. The number of rotatable bonds is 10. The van der Waals surface area contributed by atoms with Crippen molar-refractivity contribution in [2.75, 3.05) is 26.7 Å². The second-order valence-corrected chi connectivity index (χ2v) is 6.23. The number of carbonyl (C=O) groups excluding carboxylic acids is 2. The molecule has 1 aromatic rings. The van der Waals surface area contributed by atoms with E-state index in [4.69, 9.17) is 0 Å². The molecule has 0 spiro atoms. The Morgan fingerprint density at radius 2 is 1.75 bits per heavy atom. The van der Waals surface area contributed by atoms with E-state index in [1.54, 1.807) is 0 Å². The zero-order valence-corrected chi connectivity index (χ0v) is 15.0. The molecule has 0 fully saturated rings. The Morgan fingerprint density at radius 3 is 2.42 bits per heavy atom. The van der Waals surface area contributed by atoms with E-state index in [-0.39, 0.29) is 18.0 Å². The maximum Gasteiger partial charge on any atom is 0.314 e. The van der Waals surface area contributed by atoms with Crippen LogP contribution < -0.4 is 16.0 Å². The molecule has 1 rings (SSSR count). The summed E-state index contributed by atoms with van der Waals surface area (Å²) in [5.74, 6) is -0.0483. The van der Waals surface area contributed by atoms with Gasteiger partial charge in [-0.2, -0.15) is 0 Å². The molecule has 0 saturated carbocycles. The van der Waals surface area contributed by atoms with E-state index in [0.717, 1.165) is 19.5 Å². The summed E-state index contributed by atoms with van der Waals surface area (Å²) in [5.41, 5.74) is 1.28. The minimum Gasteiger partial charge on any atom is -0.354 e. The largest absolute Gasteiger partial charge is 0.354 e. The van der Waals surface area contributed by atoms with E-state index >= 15 is 0 Å². The van der Waals surface area contributed by atoms with Crippen LogP contribution in [0.4, 0.5) is 4.79 Å². The first-order valence-corrected chi connectivity index (χ1v) is 8.51. The van der Waals surface area contributed by atoms with Gasteiger partial charge < -0.3 is 20.9 Å². The number of benzene rings is 1. The highest BCUT2D eigenvalue weighted by Gasteiger charge is 2.05. The predicted octanol–water partition coefficient (Wildman–Crippen LogP) is 1.72. The Labute approximate surface area is 145 Å². The molecule has 0 atom stereocenters. The summed E-state index contributed by atoms with van der Waals surface area (Å²) in [4.78, 5) is 25.3. The van der Waals surface area contributed by atoms with Gasteiger partial charge in [-0.1, -0.05) is 30.3 Å². The minimum atomic E-state index is -0.224. The van der Waals surface area contributed by atoms with Crippen molar-refractivity contribution >= 4 is 11.9 Å². The van der Waals surface area contributed by atoms with Gasteiger partial charge >= 0.3 is 6.03 Å². The third kappa shape index (κ3) is 9.84. The predicted molar refractivity (Wildman–Crippen MR) is 96.7 cm³/mol. The molecule has 0 radical (unpaired) electrons. The lowest BCUT2D eigenvalue weighted by Gasteiger charge is -2.16. The SMILES string of the molecule is CC(C)NC(=O)CCNC(=O)NCCCN(C)Cc1ccccc1. The summed E-state index contributed by atoms with van der Waals surface area (Å²) in [6.45, 7) is 6.59. The highest BCUT2D eigenvalue weighted by molar-refractivity contribution is 5.78. The van der Waals surface area contributed by atoms with E-state index in [1.807, 2.05) is 32.0 Å². The molecule has 0 heterocycles.